The van der Waals surface area contributed by atoms with Crippen molar-refractivity contribution in [1.82, 2.24) is 8.61 Å². The van der Waals surface area contributed by atoms with E-state index in [9.17, 15) is 21.6 Å². The summed E-state index contributed by atoms with van der Waals surface area (Å²) in [6, 6.07) is 9.20. The standard InChI is InChI=1S/C22H29N3O5S2/c1-16-14-18(15-21(17(16)2)31(27,28)24(3)4)22(26)23-19-10-6-7-11-20(19)32(29,30)25-12-8-5-9-13-25/h6-7,10-11,14-15H,5,8-9,12-13H2,1-4H3,(H,23,26). The molecule has 174 valence electrons. The summed E-state index contributed by atoms with van der Waals surface area (Å²) in [6.07, 6.45) is 2.61. The Balaban J connectivity index is 1.98. The van der Waals surface area contributed by atoms with Crippen LogP contribution in [0.25, 0.3) is 0 Å². The molecule has 0 aromatic heterocycles. The number of piperidine rings is 1. The Kier molecular flexibility index (Phi) is 7.09. The van der Waals surface area contributed by atoms with E-state index in [0.29, 0.717) is 24.2 Å². The number of sulfonamides is 2. The smallest absolute Gasteiger partial charge is 0.255 e. The second kappa shape index (κ2) is 9.30. The van der Waals surface area contributed by atoms with Crippen molar-refractivity contribution < 1.29 is 21.6 Å². The highest BCUT2D eigenvalue weighted by atomic mass is 32.2. The van der Waals surface area contributed by atoms with Crippen molar-refractivity contribution in [2.24, 2.45) is 0 Å². The SMILES string of the molecule is Cc1cc(C(=O)Nc2ccccc2S(=O)(=O)N2CCCCC2)cc(S(=O)(=O)N(C)C)c1C. The lowest BCUT2D eigenvalue weighted by Gasteiger charge is -2.26. The lowest BCUT2D eigenvalue weighted by Crippen LogP contribution is -2.36. The molecule has 0 saturated carbocycles. The van der Waals surface area contributed by atoms with Crippen LogP contribution in [0.5, 0.6) is 0 Å². The summed E-state index contributed by atoms with van der Waals surface area (Å²) in [5.74, 6) is -0.579. The summed E-state index contributed by atoms with van der Waals surface area (Å²) in [6.45, 7) is 4.32. The average Bonchev–Trinajstić information content (AvgIpc) is 2.76. The lowest BCUT2D eigenvalue weighted by molar-refractivity contribution is 0.102. The molecule has 1 heterocycles. The van der Waals surface area contributed by atoms with E-state index in [2.05, 4.69) is 5.32 Å². The predicted octanol–water partition coefficient (Wildman–Crippen LogP) is 2.98. The van der Waals surface area contributed by atoms with Crippen LogP contribution in [0, 0.1) is 13.8 Å². The number of aryl methyl sites for hydroxylation is 1. The number of carbonyl (C=O) groups is 1. The molecule has 2 aromatic carbocycles. The van der Waals surface area contributed by atoms with Gasteiger partial charge in [0.15, 0.2) is 0 Å². The first kappa shape index (κ1) is 24.4. The molecule has 1 aliphatic heterocycles. The molecule has 1 aliphatic rings. The van der Waals surface area contributed by atoms with Gasteiger partial charge in [-0.1, -0.05) is 18.6 Å². The van der Waals surface area contributed by atoms with Gasteiger partial charge in [0.25, 0.3) is 5.91 Å². The van der Waals surface area contributed by atoms with E-state index in [0.717, 1.165) is 23.6 Å². The van der Waals surface area contributed by atoms with Gasteiger partial charge in [0.05, 0.1) is 10.6 Å². The Bertz CT molecular complexity index is 1230. The van der Waals surface area contributed by atoms with E-state index < -0.39 is 26.0 Å². The molecule has 10 heteroatoms. The number of carbonyl (C=O) groups excluding carboxylic acids is 1. The van der Waals surface area contributed by atoms with Crippen molar-refractivity contribution in [3.63, 3.8) is 0 Å². The van der Waals surface area contributed by atoms with Crippen molar-refractivity contribution in [3.05, 3.63) is 53.1 Å². The zero-order valence-electron chi connectivity index (χ0n) is 18.8. The fourth-order valence-electron chi connectivity index (χ4n) is 3.66. The highest BCUT2D eigenvalue weighted by Crippen LogP contribution is 2.28. The van der Waals surface area contributed by atoms with Crippen LogP contribution in [0.4, 0.5) is 5.69 Å². The van der Waals surface area contributed by atoms with Gasteiger partial charge < -0.3 is 5.32 Å². The summed E-state index contributed by atoms with van der Waals surface area (Å²) in [5, 5.41) is 2.67. The molecule has 0 radical (unpaired) electrons. The molecular weight excluding hydrogens is 450 g/mol. The highest BCUT2D eigenvalue weighted by Gasteiger charge is 2.29. The van der Waals surface area contributed by atoms with Crippen molar-refractivity contribution in [1.29, 1.82) is 0 Å². The number of para-hydroxylation sites is 1. The Morgan fingerprint density at radius 3 is 2.19 bits per heavy atom. The molecule has 0 atom stereocenters. The van der Waals surface area contributed by atoms with Gasteiger partial charge in [0.2, 0.25) is 20.0 Å². The number of benzene rings is 2. The molecule has 32 heavy (non-hydrogen) atoms. The topological polar surface area (TPSA) is 104 Å². The molecule has 1 amide bonds. The maximum atomic E-state index is 13.2. The number of hydrogen-bond donors (Lipinski definition) is 1. The maximum absolute atomic E-state index is 13.2. The molecule has 1 saturated heterocycles. The number of rotatable bonds is 6. The predicted molar refractivity (Wildman–Crippen MR) is 124 cm³/mol. The van der Waals surface area contributed by atoms with Crippen LogP contribution in [0.15, 0.2) is 46.2 Å². The summed E-state index contributed by atoms with van der Waals surface area (Å²) in [7, 11) is -4.66. The van der Waals surface area contributed by atoms with Crippen LogP contribution in [0.1, 0.15) is 40.7 Å². The summed E-state index contributed by atoms with van der Waals surface area (Å²) in [5.41, 5.74) is 1.51. The number of anilines is 1. The fourth-order valence-corrected chi connectivity index (χ4v) is 6.54. The van der Waals surface area contributed by atoms with Crippen LogP contribution in [-0.4, -0.2) is 58.5 Å². The van der Waals surface area contributed by atoms with E-state index in [-0.39, 0.29) is 21.0 Å². The average molecular weight is 480 g/mol. The van der Waals surface area contributed by atoms with Crippen LogP contribution in [0.2, 0.25) is 0 Å². The third-order valence-electron chi connectivity index (χ3n) is 5.71. The summed E-state index contributed by atoms with van der Waals surface area (Å²) in [4.78, 5) is 13.1. The van der Waals surface area contributed by atoms with Gasteiger partial charge in [-0.25, -0.2) is 21.1 Å². The number of hydrogen-bond acceptors (Lipinski definition) is 5. The molecule has 0 aliphatic carbocycles. The third kappa shape index (κ3) is 4.73. The van der Waals surface area contributed by atoms with Crippen molar-refractivity contribution >= 4 is 31.6 Å². The Morgan fingerprint density at radius 1 is 0.938 bits per heavy atom. The van der Waals surface area contributed by atoms with E-state index in [1.54, 1.807) is 32.0 Å². The highest BCUT2D eigenvalue weighted by molar-refractivity contribution is 7.89. The normalized spacial score (nSPS) is 15.7. The number of amides is 1. The quantitative estimate of drug-likeness (QED) is 0.686. The van der Waals surface area contributed by atoms with Crippen LogP contribution < -0.4 is 5.32 Å². The molecular formula is C22H29N3O5S2. The zero-order valence-corrected chi connectivity index (χ0v) is 20.4. The first-order valence-electron chi connectivity index (χ1n) is 10.4. The van der Waals surface area contributed by atoms with Gasteiger partial charge >= 0.3 is 0 Å². The van der Waals surface area contributed by atoms with Gasteiger partial charge in [-0.3, -0.25) is 4.79 Å². The minimum Gasteiger partial charge on any atom is -0.321 e. The molecule has 3 rings (SSSR count). The van der Waals surface area contributed by atoms with Gasteiger partial charge in [0, 0.05) is 32.7 Å². The van der Waals surface area contributed by atoms with E-state index in [1.165, 1.54) is 36.6 Å². The van der Waals surface area contributed by atoms with Gasteiger partial charge in [-0.15, -0.1) is 0 Å². The fraction of sp³-hybridized carbons (Fsp3) is 0.409. The van der Waals surface area contributed by atoms with Crippen LogP contribution in [0.3, 0.4) is 0 Å². The van der Waals surface area contributed by atoms with E-state index in [4.69, 9.17) is 0 Å². The lowest BCUT2D eigenvalue weighted by atomic mass is 10.1. The number of nitrogens with one attached hydrogen (secondary N) is 1. The number of nitrogens with zero attached hydrogens (tertiary/aromatic N) is 2. The Morgan fingerprint density at radius 2 is 1.56 bits per heavy atom. The minimum absolute atomic E-state index is 0.0280. The Hall–Kier alpha value is -2.27. The largest absolute Gasteiger partial charge is 0.321 e. The van der Waals surface area contributed by atoms with Crippen molar-refractivity contribution in [3.8, 4) is 0 Å². The minimum atomic E-state index is -3.76. The summed E-state index contributed by atoms with van der Waals surface area (Å²) < 4.78 is 54.3. The van der Waals surface area contributed by atoms with E-state index in [1.807, 2.05) is 0 Å². The van der Waals surface area contributed by atoms with Crippen LogP contribution >= 0.6 is 0 Å². The van der Waals surface area contributed by atoms with Gasteiger partial charge in [-0.2, -0.15) is 4.31 Å². The molecule has 2 aromatic rings. The van der Waals surface area contributed by atoms with E-state index >= 15 is 0 Å². The monoisotopic (exact) mass is 479 g/mol. The molecule has 8 nitrogen and oxygen atoms in total. The molecule has 1 N–H and O–H groups in total. The second-order valence-corrected chi connectivity index (χ2v) is 12.1. The molecule has 1 fully saturated rings. The maximum Gasteiger partial charge on any atom is 0.255 e. The zero-order chi connectivity index (χ0) is 23.7. The first-order valence-corrected chi connectivity index (χ1v) is 13.3. The summed E-state index contributed by atoms with van der Waals surface area (Å²) >= 11 is 0. The molecule has 0 unspecified atom stereocenters. The molecule has 0 spiro atoms. The molecule has 0 bridgehead atoms. The Labute approximate surface area is 190 Å². The first-order chi connectivity index (χ1) is 15.0. The van der Waals surface area contributed by atoms with Crippen molar-refractivity contribution in [2.45, 2.75) is 42.9 Å². The van der Waals surface area contributed by atoms with Gasteiger partial charge in [-0.05, 0) is 62.1 Å². The third-order valence-corrected chi connectivity index (χ3v) is 9.61. The van der Waals surface area contributed by atoms with Crippen molar-refractivity contribution in [2.75, 3.05) is 32.5 Å². The van der Waals surface area contributed by atoms with Gasteiger partial charge in [0.1, 0.15) is 4.90 Å². The van der Waals surface area contributed by atoms with Crippen LogP contribution in [-0.2, 0) is 20.0 Å². The second-order valence-electron chi connectivity index (χ2n) is 8.12.